The Bertz CT molecular complexity index is 1050. The van der Waals surface area contributed by atoms with Gasteiger partial charge in [-0.25, -0.2) is 9.97 Å². The molecule has 0 atom stereocenters. The van der Waals surface area contributed by atoms with E-state index in [1.807, 2.05) is 33.4 Å². The molecule has 1 saturated heterocycles. The maximum atomic E-state index is 12.6. The smallest absolute Gasteiger partial charge is 0.238 e. The molecular formula is C20H20ClN5O2S2. The van der Waals surface area contributed by atoms with E-state index in [2.05, 4.69) is 15.3 Å². The Morgan fingerprint density at radius 1 is 1.13 bits per heavy atom. The number of carbonyl (C=O) groups is 2. The van der Waals surface area contributed by atoms with Crippen molar-refractivity contribution in [2.75, 3.05) is 43.8 Å². The van der Waals surface area contributed by atoms with Crippen LogP contribution in [0.1, 0.15) is 0 Å². The van der Waals surface area contributed by atoms with E-state index in [1.165, 1.54) is 18.1 Å². The number of thioether (sulfide) groups is 1. The Balaban J connectivity index is 1.23. The van der Waals surface area contributed by atoms with Crippen molar-refractivity contribution in [3.05, 3.63) is 47.1 Å². The molecule has 2 aromatic heterocycles. The van der Waals surface area contributed by atoms with Crippen molar-refractivity contribution in [2.45, 2.75) is 5.03 Å². The molecule has 0 aliphatic carbocycles. The largest absolute Gasteiger partial charge is 0.339 e. The third-order valence-corrected chi connectivity index (χ3v) is 6.94. The predicted octanol–water partition coefficient (Wildman–Crippen LogP) is 3.22. The molecule has 1 aliphatic rings. The molecule has 1 aromatic carbocycles. The molecule has 0 saturated carbocycles. The molecule has 7 nitrogen and oxygen atoms in total. The Kier molecular flexibility index (Phi) is 6.83. The van der Waals surface area contributed by atoms with Crippen molar-refractivity contribution >= 4 is 62.4 Å². The highest BCUT2D eigenvalue weighted by Gasteiger charge is 2.23. The van der Waals surface area contributed by atoms with Crippen LogP contribution >= 0.6 is 34.7 Å². The van der Waals surface area contributed by atoms with Crippen molar-refractivity contribution in [2.24, 2.45) is 0 Å². The lowest BCUT2D eigenvalue weighted by Crippen LogP contribution is -2.50. The van der Waals surface area contributed by atoms with Gasteiger partial charge in [-0.1, -0.05) is 35.5 Å². The molecule has 3 aromatic rings. The number of piperazine rings is 1. The van der Waals surface area contributed by atoms with Crippen LogP contribution in [-0.2, 0) is 9.59 Å². The molecule has 4 rings (SSSR count). The van der Waals surface area contributed by atoms with Crippen LogP contribution in [0.25, 0.3) is 10.2 Å². The SMILES string of the molecule is O=C(CN1CCN(C(=O)CSc2ncnc3sccc23)CC1)Nc1ccccc1Cl. The van der Waals surface area contributed by atoms with Gasteiger partial charge in [0.05, 0.1) is 23.0 Å². The normalized spacial score (nSPS) is 14.8. The van der Waals surface area contributed by atoms with Gasteiger partial charge in [0.15, 0.2) is 0 Å². The molecule has 1 fully saturated rings. The summed E-state index contributed by atoms with van der Waals surface area (Å²) in [6.45, 7) is 2.81. The van der Waals surface area contributed by atoms with Gasteiger partial charge in [0.25, 0.3) is 0 Å². The van der Waals surface area contributed by atoms with E-state index in [-0.39, 0.29) is 18.4 Å². The first-order valence-electron chi connectivity index (χ1n) is 9.45. The van der Waals surface area contributed by atoms with Gasteiger partial charge < -0.3 is 10.2 Å². The van der Waals surface area contributed by atoms with Crippen molar-refractivity contribution in [1.29, 1.82) is 0 Å². The number of amides is 2. The van der Waals surface area contributed by atoms with Gasteiger partial charge in [0, 0.05) is 31.6 Å². The number of carbonyl (C=O) groups excluding carboxylic acids is 2. The van der Waals surface area contributed by atoms with Crippen LogP contribution in [-0.4, -0.2) is 70.1 Å². The van der Waals surface area contributed by atoms with E-state index in [0.717, 1.165) is 15.2 Å². The number of nitrogens with one attached hydrogen (secondary N) is 1. The first kappa shape index (κ1) is 21.0. The number of halogens is 1. The highest BCUT2D eigenvalue weighted by Crippen LogP contribution is 2.27. The van der Waals surface area contributed by atoms with Gasteiger partial charge in [-0.2, -0.15) is 0 Å². The van der Waals surface area contributed by atoms with Gasteiger partial charge in [0.1, 0.15) is 16.2 Å². The predicted molar refractivity (Wildman–Crippen MR) is 121 cm³/mol. The number of aromatic nitrogens is 2. The molecule has 0 unspecified atom stereocenters. The molecule has 3 heterocycles. The molecule has 30 heavy (non-hydrogen) atoms. The summed E-state index contributed by atoms with van der Waals surface area (Å²) in [5.41, 5.74) is 0.611. The van der Waals surface area contributed by atoms with Crippen LogP contribution in [0.2, 0.25) is 5.02 Å². The minimum Gasteiger partial charge on any atom is -0.339 e. The van der Waals surface area contributed by atoms with Crippen molar-refractivity contribution < 1.29 is 9.59 Å². The Morgan fingerprint density at radius 3 is 2.73 bits per heavy atom. The first-order valence-corrected chi connectivity index (χ1v) is 11.7. The zero-order valence-electron chi connectivity index (χ0n) is 16.1. The summed E-state index contributed by atoms with van der Waals surface area (Å²) in [4.78, 5) is 38.3. The summed E-state index contributed by atoms with van der Waals surface area (Å²) in [6.07, 6.45) is 1.54. The molecule has 156 valence electrons. The fourth-order valence-electron chi connectivity index (χ4n) is 3.21. The van der Waals surface area contributed by atoms with E-state index in [0.29, 0.717) is 42.6 Å². The van der Waals surface area contributed by atoms with Crippen LogP contribution in [0.5, 0.6) is 0 Å². The number of thiophene rings is 1. The maximum absolute atomic E-state index is 12.6. The summed E-state index contributed by atoms with van der Waals surface area (Å²) in [6, 6.07) is 9.15. The number of para-hydroxylation sites is 1. The van der Waals surface area contributed by atoms with E-state index >= 15 is 0 Å². The van der Waals surface area contributed by atoms with Crippen molar-refractivity contribution in [3.8, 4) is 0 Å². The molecule has 10 heteroatoms. The zero-order chi connectivity index (χ0) is 20.9. The standard InChI is InChI=1S/C20H20ClN5O2S2/c21-15-3-1-2-4-16(15)24-17(27)11-25-6-8-26(9-7-25)18(28)12-30-20-14-5-10-29-19(14)22-13-23-20/h1-5,10,13H,6-9,11-12H2,(H,24,27). The molecule has 1 aliphatic heterocycles. The van der Waals surface area contributed by atoms with Crippen molar-refractivity contribution in [1.82, 2.24) is 19.8 Å². The Morgan fingerprint density at radius 2 is 1.93 bits per heavy atom. The van der Waals surface area contributed by atoms with Gasteiger partial charge >= 0.3 is 0 Å². The number of benzene rings is 1. The monoisotopic (exact) mass is 461 g/mol. The lowest BCUT2D eigenvalue weighted by molar-refractivity contribution is -0.130. The van der Waals surface area contributed by atoms with Crippen LogP contribution in [0.3, 0.4) is 0 Å². The Hall–Kier alpha value is -2.20. The minimum absolute atomic E-state index is 0.0853. The molecule has 2 amide bonds. The van der Waals surface area contributed by atoms with Crippen molar-refractivity contribution in [3.63, 3.8) is 0 Å². The lowest BCUT2D eigenvalue weighted by Gasteiger charge is -2.34. The third-order valence-electron chi connectivity index (χ3n) is 4.80. The topological polar surface area (TPSA) is 78.4 Å². The molecule has 0 radical (unpaired) electrons. The number of fused-ring (bicyclic) bond motifs is 1. The highest BCUT2D eigenvalue weighted by molar-refractivity contribution is 8.00. The van der Waals surface area contributed by atoms with Gasteiger partial charge in [0.2, 0.25) is 11.8 Å². The quantitative estimate of drug-likeness (QED) is 0.448. The van der Waals surface area contributed by atoms with Crippen LogP contribution in [0.4, 0.5) is 5.69 Å². The second-order valence-corrected chi connectivity index (χ2v) is 9.06. The van der Waals surface area contributed by atoms with E-state index in [1.54, 1.807) is 23.5 Å². The average molecular weight is 462 g/mol. The van der Waals surface area contributed by atoms with Gasteiger partial charge in [-0.3, -0.25) is 14.5 Å². The number of hydrogen-bond acceptors (Lipinski definition) is 7. The van der Waals surface area contributed by atoms with Crippen LogP contribution < -0.4 is 5.32 Å². The number of anilines is 1. The second-order valence-electron chi connectivity index (χ2n) is 6.79. The fraction of sp³-hybridized carbons (Fsp3) is 0.300. The molecule has 0 spiro atoms. The van der Waals surface area contributed by atoms with Crippen LogP contribution in [0.15, 0.2) is 47.1 Å². The number of nitrogens with zero attached hydrogens (tertiary/aromatic N) is 4. The number of hydrogen-bond donors (Lipinski definition) is 1. The zero-order valence-corrected chi connectivity index (χ0v) is 18.5. The minimum atomic E-state index is -0.109. The lowest BCUT2D eigenvalue weighted by atomic mass is 10.3. The van der Waals surface area contributed by atoms with E-state index in [4.69, 9.17) is 11.6 Å². The summed E-state index contributed by atoms with van der Waals surface area (Å²) in [5.74, 6) is 0.318. The van der Waals surface area contributed by atoms with E-state index < -0.39 is 0 Å². The third kappa shape index (κ3) is 5.10. The maximum Gasteiger partial charge on any atom is 0.238 e. The highest BCUT2D eigenvalue weighted by atomic mass is 35.5. The van der Waals surface area contributed by atoms with Gasteiger partial charge in [-0.15, -0.1) is 11.3 Å². The first-order chi connectivity index (χ1) is 14.6. The van der Waals surface area contributed by atoms with Gasteiger partial charge in [-0.05, 0) is 23.6 Å². The molecular weight excluding hydrogens is 442 g/mol. The summed E-state index contributed by atoms with van der Waals surface area (Å²) in [7, 11) is 0. The fourth-order valence-corrected chi connectivity index (χ4v) is 5.08. The summed E-state index contributed by atoms with van der Waals surface area (Å²) >= 11 is 9.09. The molecule has 1 N–H and O–H groups in total. The number of rotatable bonds is 6. The second kappa shape index (κ2) is 9.74. The molecule has 0 bridgehead atoms. The average Bonchev–Trinajstić information content (AvgIpc) is 3.24. The van der Waals surface area contributed by atoms with Crippen LogP contribution in [0, 0.1) is 0 Å². The summed E-state index contributed by atoms with van der Waals surface area (Å²) < 4.78 is 0. The van der Waals surface area contributed by atoms with E-state index in [9.17, 15) is 9.59 Å². The Labute approximate surface area is 187 Å². The summed E-state index contributed by atoms with van der Waals surface area (Å²) in [5, 5.41) is 7.16.